The van der Waals surface area contributed by atoms with E-state index in [9.17, 15) is 4.79 Å². The van der Waals surface area contributed by atoms with E-state index in [-0.39, 0.29) is 5.69 Å². The Balaban J connectivity index is 1.65. The van der Waals surface area contributed by atoms with Crippen molar-refractivity contribution in [3.8, 4) is 17.2 Å². The van der Waals surface area contributed by atoms with E-state index in [2.05, 4.69) is 20.8 Å². The standard InChI is InChI=1S/C21H22N4O4/c1-4-29-15-7-5-14(6-8-15)22-20-12-11-18(24-25-20)21(26)23-17-10-9-16(27-2)13-19(17)28-3/h5-13H,4H2,1-3H3,(H,22,25)(H,23,26). The Morgan fingerprint density at radius 1 is 0.931 bits per heavy atom. The van der Waals surface area contributed by atoms with Gasteiger partial charge in [-0.05, 0) is 55.5 Å². The molecule has 0 bridgehead atoms. The molecule has 1 amide bonds. The van der Waals surface area contributed by atoms with Crippen molar-refractivity contribution in [1.82, 2.24) is 10.2 Å². The molecule has 3 rings (SSSR count). The summed E-state index contributed by atoms with van der Waals surface area (Å²) in [6.07, 6.45) is 0. The Bertz CT molecular complexity index is 959. The predicted molar refractivity (Wildman–Crippen MR) is 110 cm³/mol. The minimum Gasteiger partial charge on any atom is -0.497 e. The molecular weight excluding hydrogens is 372 g/mol. The molecule has 0 atom stereocenters. The summed E-state index contributed by atoms with van der Waals surface area (Å²) < 4.78 is 15.9. The van der Waals surface area contributed by atoms with Crippen LogP contribution in [0.15, 0.2) is 54.6 Å². The van der Waals surface area contributed by atoms with Crippen LogP contribution >= 0.6 is 0 Å². The minimum absolute atomic E-state index is 0.181. The fourth-order valence-electron chi connectivity index (χ4n) is 2.56. The fraction of sp³-hybridized carbons (Fsp3) is 0.190. The summed E-state index contributed by atoms with van der Waals surface area (Å²) in [7, 11) is 3.08. The average molecular weight is 394 g/mol. The Kier molecular flexibility index (Phi) is 6.47. The molecule has 29 heavy (non-hydrogen) atoms. The molecule has 0 unspecified atom stereocenters. The molecule has 8 heteroatoms. The number of nitrogens with one attached hydrogen (secondary N) is 2. The highest BCUT2D eigenvalue weighted by atomic mass is 16.5. The van der Waals surface area contributed by atoms with Gasteiger partial charge in [0.05, 0.1) is 26.5 Å². The van der Waals surface area contributed by atoms with Crippen LogP contribution in [0.1, 0.15) is 17.4 Å². The summed E-state index contributed by atoms with van der Waals surface area (Å²) in [6.45, 7) is 2.55. The van der Waals surface area contributed by atoms with Gasteiger partial charge in [-0.25, -0.2) is 0 Å². The molecule has 1 aromatic heterocycles. The molecule has 1 heterocycles. The highest BCUT2D eigenvalue weighted by molar-refractivity contribution is 6.03. The second-order valence-corrected chi connectivity index (χ2v) is 5.91. The Hall–Kier alpha value is -3.81. The fourth-order valence-corrected chi connectivity index (χ4v) is 2.56. The van der Waals surface area contributed by atoms with Gasteiger partial charge in [0.25, 0.3) is 5.91 Å². The van der Waals surface area contributed by atoms with Gasteiger partial charge in [0.2, 0.25) is 0 Å². The van der Waals surface area contributed by atoms with E-state index in [0.717, 1.165) is 11.4 Å². The average Bonchev–Trinajstić information content (AvgIpc) is 2.76. The topological polar surface area (TPSA) is 94.6 Å². The normalized spacial score (nSPS) is 10.2. The van der Waals surface area contributed by atoms with E-state index >= 15 is 0 Å². The van der Waals surface area contributed by atoms with E-state index in [1.165, 1.54) is 7.11 Å². The number of hydrogen-bond donors (Lipinski definition) is 2. The first-order valence-electron chi connectivity index (χ1n) is 9.00. The van der Waals surface area contributed by atoms with Gasteiger partial charge in [-0.2, -0.15) is 0 Å². The van der Waals surface area contributed by atoms with Crippen LogP contribution in [0.5, 0.6) is 17.2 Å². The number of anilines is 3. The molecule has 0 saturated heterocycles. The SMILES string of the molecule is CCOc1ccc(Nc2ccc(C(=O)Nc3ccc(OC)cc3OC)nn2)cc1. The zero-order chi connectivity index (χ0) is 20.6. The van der Waals surface area contributed by atoms with Crippen LogP contribution < -0.4 is 24.8 Å². The molecule has 150 valence electrons. The molecule has 0 saturated carbocycles. The van der Waals surface area contributed by atoms with Gasteiger partial charge in [0, 0.05) is 11.8 Å². The van der Waals surface area contributed by atoms with E-state index < -0.39 is 5.91 Å². The number of ether oxygens (including phenoxy) is 3. The van der Waals surface area contributed by atoms with Crippen LogP contribution in [0.2, 0.25) is 0 Å². The molecule has 8 nitrogen and oxygen atoms in total. The smallest absolute Gasteiger partial charge is 0.276 e. The summed E-state index contributed by atoms with van der Waals surface area (Å²) in [4.78, 5) is 12.5. The third-order valence-electron chi connectivity index (χ3n) is 3.99. The molecule has 0 aliphatic rings. The van der Waals surface area contributed by atoms with E-state index in [1.54, 1.807) is 37.4 Å². The zero-order valence-electron chi connectivity index (χ0n) is 16.4. The first-order chi connectivity index (χ1) is 14.1. The number of amides is 1. The monoisotopic (exact) mass is 394 g/mol. The first-order valence-corrected chi connectivity index (χ1v) is 9.00. The molecule has 0 radical (unpaired) electrons. The lowest BCUT2D eigenvalue weighted by Gasteiger charge is -2.11. The lowest BCUT2D eigenvalue weighted by atomic mass is 10.2. The van der Waals surface area contributed by atoms with E-state index in [0.29, 0.717) is 29.6 Å². The van der Waals surface area contributed by atoms with Crippen molar-refractivity contribution >= 4 is 23.1 Å². The molecule has 3 aromatic rings. The Morgan fingerprint density at radius 2 is 1.69 bits per heavy atom. The van der Waals surface area contributed by atoms with Crippen molar-refractivity contribution in [3.05, 3.63) is 60.3 Å². The lowest BCUT2D eigenvalue weighted by molar-refractivity contribution is 0.102. The predicted octanol–water partition coefficient (Wildman–Crippen LogP) is 3.89. The van der Waals surface area contributed by atoms with E-state index in [4.69, 9.17) is 14.2 Å². The number of benzene rings is 2. The van der Waals surface area contributed by atoms with Gasteiger partial charge in [-0.15, -0.1) is 10.2 Å². The van der Waals surface area contributed by atoms with Crippen molar-refractivity contribution in [2.45, 2.75) is 6.92 Å². The largest absolute Gasteiger partial charge is 0.497 e. The number of hydrogen-bond acceptors (Lipinski definition) is 7. The van der Waals surface area contributed by atoms with Gasteiger partial charge >= 0.3 is 0 Å². The summed E-state index contributed by atoms with van der Waals surface area (Å²) in [5.74, 6) is 2.04. The minimum atomic E-state index is -0.395. The quantitative estimate of drug-likeness (QED) is 0.598. The maximum Gasteiger partial charge on any atom is 0.276 e. The van der Waals surface area contributed by atoms with Crippen LogP contribution in [-0.4, -0.2) is 36.9 Å². The maximum atomic E-state index is 12.5. The zero-order valence-corrected chi connectivity index (χ0v) is 16.4. The van der Waals surface area contributed by atoms with Crippen LogP contribution in [0.4, 0.5) is 17.2 Å². The molecular formula is C21H22N4O4. The van der Waals surface area contributed by atoms with Crippen LogP contribution in [0.3, 0.4) is 0 Å². The van der Waals surface area contributed by atoms with Gasteiger partial charge < -0.3 is 24.8 Å². The summed E-state index contributed by atoms with van der Waals surface area (Å²) in [6, 6.07) is 15.9. The van der Waals surface area contributed by atoms with Crippen LogP contribution in [0, 0.1) is 0 Å². The van der Waals surface area contributed by atoms with Crippen molar-refractivity contribution in [2.75, 3.05) is 31.5 Å². The van der Waals surface area contributed by atoms with Crippen molar-refractivity contribution < 1.29 is 19.0 Å². The number of methoxy groups -OCH3 is 2. The molecule has 0 fully saturated rings. The Morgan fingerprint density at radius 3 is 2.31 bits per heavy atom. The maximum absolute atomic E-state index is 12.5. The molecule has 0 aliphatic heterocycles. The number of rotatable bonds is 8. The first kappa shape index (κ1) is 19.9. The second-order valence-electron chi connectivity index (χ2n) is 5.91. The number of carbonyl (C=O) groups excluding carboxylic acids is 1. The van der Waals surface area contributed by atoms with Gasteiger partial charge in [-0.1, -0.05) is 0 Å². The summed E-state index contributed by atoms with van der Waals surface area (Å²) in [5, 5.41) is 13.9. The van der Waals surface area contributed by atoms with Gasteiger partial charge in [0.1, 0.15) is 17.2 Å². The Labute approximate surface area is 168 Å². The third kappa shape index (κ3) is 5.13. The van der Waals surface area contributed by atoms with Crippen molar-refractivity contribution in [2.24, 2.45) is 0 Å². The van der Waals surface area contributed by atoms with Crippen LogP contribution in [-0.2, 0) is 0 Å². The molecule has 2 N–H and O–H groups in total. The number of carbonyl (C=O) groups is 1. The highest BCUT2D eigenvalue weighted by Gasteiger charge is 2.12. The third-order valence-corrected chi connectivity index (χ3v) is 3.99. The van der Waals surface area contributed by atoms with Gasteiger partial charge in [-0.3, -0.25) is 4.79 Å². The van der Waals surface area contributed by atoms with Crippen molar-refractivity contribution in [3.63, 3.8) is 0 Å². The summed E-state index contributed by atoms with van der Waals surface area (Å²) in [5.41, 5.74) is 1.53. The number of aromatic nitrogens is 2. The second kappa shape index (κ2) is 9.41. The molecule has 2 aromatic carbocycles. The van der Waals surface area contributed by atoms with Crippen molar-refractivity contribution in [1.29, 1.82) is 0 Å². The van der Waals surface area contributed by atoms with Crippen LogP contribution in [0.25, 0.3) is 0 Å². The lowest BCUT2D eigenvalue weighted by Crippen LogP contribution is -2.15. The van der Waals surface area contributed by atoms with E-state index in [1.807, 2.05) is 31.2 Å². The highest BCUT2D eigenvalue weighted by Crippen LogP contribution is 2.29. The number of nitrogens with zero attached hydrogens (tertiary/aromatic N) is 2. The molecule has 0 aliphatic carbocycles. The van der Waals surface area contributed by atoms with Gasteiger partial charge in [0.15, 0.2) is 11.5 Å². The molecule has 0 spiro atoms. The summed E-state index contributed by atoms with van der Waals surface area (Å²) >= 11 is 0.